The van der Waals surface area contributed by atoms with Crippen molar-refractivity contribution in [3.63, 3.8) is 0 Å². The molecule has 2 heterocycles. The summed E-state index contributed by atoms with van der Waals surface area (Å²) in [6.07, 6.45) is 7.41. The van der Waals surface area contributed by atoms with E-state index in [1.807, 2.05) is 12.3 Å². The van der Waals surface area contributed by atoms with Gasteiger partial charge in [-0.05, 0) is 79.6 Å². The monoisotopic (exact) mass is 441 g/mol. The maximum atomic E-state index is 13.0. The number of nitrogens with one attached hydrogen (secondary N) is 1. The zero-order valence-electron chi connectivity index (χ0n) is 19.8. The normalized spacial score (nSPS) is 16.8. The molecule has 33 heavy (non-hydrogen) atoms. The molecule has 1 saturated heterocycles. The van der Waals surface area contributed by atoms with Crippen LogP contribution in [-0.2, 0) is 11.2 Å². The quantitative estimate of drug-likeness (QED) is 0.515. The van der Waals surface area contributed by atoms with Gasteiger partial charge in [-0.1, -0.05) is 67.6 Å². The standard InChI is InChI=1S/C29H35N3O/c1-23(25-7-4-3-5-8-25)14-18-32-19-15-29(16-20-32,28(33)30-2)21-24-10-12-26(13-11-24)27-9-6-17-31-22-27/h3-13,17,22-23H,14-16,18-21H2,1-2H3,(H,30,33)/t23-/m1/s1. The second kappa shape index (κ2) is 10.8. The van der Waals surface area contributed by atoms with E-state index in [0.717, 1.165) is 56.4 Å². The number of nitrogens with zero attached hydrogens (tertiary/aromatic N) is 2. The number of pyridine rings is 1. The SMILES string of the molecule is CNC(=O)C1(Cc2ccc(-c3cccnc3)cc2)CCN(CC[C@@H](C)c2ccccc2)CC1. The van der Waals surface area contributed by atoms with E-state index in [9.17, 15) is 4.79 Å². The molecule has 1 aromatic heterocycles. The highest BCUT2D eigenvalue weighted by atomic mass is 16.2. The van der Waals surface area contributed by atoms with Crippen molar-refractivity contribution >= 4 is 5.91 Å². The Morgan fingerprint density at radius 2 is 1.73 bits per heavy atom. The van der Waals surface area contributed by atoms with Gasteiger partial charge >= 0.3 is 0 Å². The van der Waals surface area contributed by atoms with Crippen molar-refractivity contribution in [3.05, 3.63) is 90.3 Å². The van der Waals surface area contributed by atoms with Crippen LogP contribution in [-0.4, -0.2) is 42.5 Å². The minimum Gasteiger partial charge on any atom is -0.359 e. The number of carbonyl (C=O) groups excluding carboxylic acids is 1. The molecule has 1 N–H and O–H groups in total. The van der Waals surface area contributed by atoms with Crippen molar-refractivity contribution in [2.75, 3.05) is 26.7 Å². The summed E-state index contributed by atoms with van der Waals surface area (Å²) in [6, 6.07) is 23.4. The molecule has 172 valence electrons. The van der Waals surface area contributed by atoms with Gasteiger partial charge in [0.2, 0.25) is 5.91 Å². The molecule has 4 nitrogen and oxygen atoms in total. The molecule has 1 aliphatic heterocycles. The van der Waals surface area contributed by atoms with Gasteiger partial charge in [-0.2, -0.15) is 0 Å². The molecule has 4 heteroatoms. The largest absolute Gasteiger partial charge is 0.359 e. The summed E-state index contributed by atoms with van der Waals surface area (Å²) in [5.41, 5.74) is 4.57. The second-order valence-corrected chi connectivity index (χ2v) is 9.42. The van der Waals surface area contributed by atoms with E-state index in [0.29, 0.717) is 5.92 Å². The first-order chi connectivity index (χ1) is 16.1. The summed E-state index contributed by atoms with van der Waals surface area (Å²) in [5.74, 6) is 0.728. The lowest BCUT2D eigenvalue weighted by molar-refractivity contribution is -0.133. The zero-order valence-corrected chi connectivity index (χ0v) is 19.8. The minimum atomic E-state index is -0.327. The summed E-state index contributed by atoms with van der Waals surface area (Å²) in [7, 11) is 1.77. The van der Waals surface area contributed by atoms with Gasteiger partial charge in [-0.3, -0.25) is 9.78 Å². The van der Waals surface area contributed by atoms with Gasteiger partial charge in [-0.25, -0.2) is 0 Å². The summed E-state index contributed by atoms with van der Waals surface area (Å²) in [6.45, 7) is 5.34. The molecular formula is C29H35N3O. The van der Waals surface area contributed by atoms with Crippen LogP contribution < -0.4 is 5.32 Å². The van der Waals surface area contributed by atoms with E-state index in [1.54, 1.807) is 13.2 Å². The molecule has 3 aromatic rings. The third kappa shape index (κ3) is 5.69. The number of piperidine rings is 1. The molecule has 0 saturated carbocycles. The van der Waals surface area contributed by atoms with Gasteiger partial charge in [0.05, 0.1) is 5.41 Å². The first-order valence-electron chi connectivity index (χ1n) is 12.1. The fourth-order valence-electron chi connectivity index (χ4n) is 5.02. The molecule has 0 aliphatic carbocycles. The summed E-state index contributed by atoms with van der Waals surface area (Å²) in [5, 5.41) is 2.95. The third-order valence-electron chi connectivity index (χ3n) is 7.26. The first kappa shape index (κ1) is 23.2. The Kier molecular flexibility index (Phi) is 7.56. The van der Waals surface area contributed by atoms with Gasteiger partial charge in [-0.15, -0.1) is 0 Å². The predicted octanol–water partition coefficient (Wildman–Crippen LogP) is 5.31. The maximum Gasteiger partial charge on any atom is 0.226 e. The Hall–Kier alpha value is -2.98. The van der Waals surface area contributed by atoms with Crippen LogP contribution in [0.4, 0.5) is 0 Å². The van der Waals surface area contributed by atoms with Crippen molar-refractivity contribution in [1.29, 1.82) is 0 Å². The molecule has 0 unspecified atom stereocenters. The third-order valence-corrected chi connectivity index (χ3v) is 7.26. The number of benzene rings is 2. The summed E-state index contributed by atoms with van der Waals surface area (Å²) < 4.78 is 0. The van der Waals surface area contributed by atoms with Crippen LogP contribution >= 0.6 is 0 Å². The Bertz CT molecular complexity index is 1010. The lowest BCUT2D eigenvalue weighted by Crippen LogP contribution is -2.49. The highest BCUT2D eigenvalue weighted by molar-refractivity contribution is 5.83. The lowest BCUT2D eigenvalue weighted by Gasteiger charge is -2.41. The van der Waals surface area contributed by atoms with Crippen LogP contribution in [0.5, 0.6) is 0 Å². The summed E-state index contributed by atoms with van der Waals surface area (Å²) >= 11 is 0. The number of aromatic nitrogens is 1. The van der Waals surface area contributed by atoms with Crippen molar-refractivity contribution < 1.29 is 4.79 Å². The molecule has 0 bridgehead atoms. The number of likely N-dealkylation sites (tertiary alicyclic amines) is 1. The Labute approximate surface area is 198 Å². The highest BCUT2D eigenvalue weighted by Gasteiger charge is 2.40. The highest BCUT2D eigenvalue weighted by Crippen LogP contribution is 2.36. The van der Waals surface area contributed by atoms with Crippen LogP contribution in [0.15, 0.2) is 79.1 Å². The number of hydrogen-bond donors (Lipinski definition) is 1. The first-order valence-corrected chi connectivity index (χ1v) is 12.1. The van der Waals surface area contributed by atoms with E-state index < -0.39 is 0 Å². The van der Waals surface area contributed by atoms with Gasteiger partial charge < -0.3 is 10.2 Å². The maximum absolute atomic E-state index is 13.0. The Morgan fingerprint density at radius 1 is 1.00 bits per heavy atom. The number of amides is 1. The Morgan fingerprint density at radius 3 is 2.36 bits per heavy atom. The fourth-order valence-corrected chi connectivity index (χ4v) is 5.02. The molecule has 1 atom stereocenters. The van der Waals surface area contributed by atoms with Gasteiger partial charge in [0.15, 0.2) is 0 Å². The second-order valence-electron chi connectivity index (χ2n) is 9.42. The molecular weight excluding hydrogens is 406 g/mol. The van der Waals surface area contributed by atoms with Crippen molar-refractivity contribution in [2.45, 2.75) is 38.5 Å². The molecule has 0 radical (unpaired) electrons. The van der Waals surface area contributed by atoms with E-state index >= 15 is 0 Å². The Balaban J connectivity index is 1.37. The summed E-state index contributed by atoms with van der Waals surface area (Å²) in [4.78, 5) is 19.8. The smallest absolute Gasteiger partial charge is 0.226 e. The van der Waals surface area contributed by atoms with Crippen LogP contribution in [0.3, 0.4) is 0 Å². The number of rotatable bonds is 8. The van der Waals surface area contributed by atoms with Crippen molar-refractivity contribution in [2.24, 2.45) is 5.41 Å². The van der Waals surface area contributed by atoms with E-state index in [-0.39, 0.29) is 11.3 Å². The van der Waals surface area contributed by atoms with Crippen molar-refractivity contribution in [3.8, 4) is 11.1 Å². The zero-order chi connectivity index (χ0) is 23.1. The fraction of sp³-hybridized carbons (Fsp3) is 0.379. The number of carbonyl (C=O) groups is 1. The molecule has 1 aliphatic rings. The lowest BCUT2D eigenvalue weighted by atomic mass is 9.72. The van der Waals surface area contributed by atoms with Gasteiger partial charge in [0.25, 0.3) is 0 Å². The molecule has 0 spiro atoms. The molecule has 1 amide bonds. The van der Waals surface area contributed by atoms with Crippen molar-refractivity contribution in [1.82, 2.24) is 15.2 Å². The van der Waals surface area contributed by atoms with Crippen LogP contribution in [0.25, 0.3) is 11.1 Å². The van der Waals surface area contributed by atoms with Crippen LogP contribution in [0.1, 0.15) is 43.2 Å². The molecule has 1 fully saturated rings. The van der Waals surface area contributed by atoms with Crippen LogP contribution in [0, 0.1) is 5.41 Å². The minimum absolute atomic E-state index is 0.177. The van der Waals surface area contributed by atoms with Gasteiger partial charge in [0, 0.05) is 19.4 Å². The van der Waals surface area contributed by atoms with Crippen LogP contribution in [0.2, 0.25) is 0 Å². The average molecular weight is 442 g/mol. The van der Waals surface area contributed by atoms with Gasteiger partial charge in [0.1, 0.15) is 0 Å². The van der Waals surface area contributed by atoms with E-state index in [4.69, 9.17) is 0 Å². The average Bonchev–Trinajstić information content (AvgIpc) is 2.89. The topological polar surface area (TPSA) is 45.2 Å². The molecule has 2 aromatic carbocycles. The van der Waals surface area contributed by atoms with E-state index in [2.05, 4.69) is 82.8 Å². The predicted molar refractivity (Wildman–Crippen MR) is 135 cm³/mol. The number of hydrogen-bond acceptors (Lipinski definition) is 3. The van der Waals surface area contributed by atoms with E-state index in [1.165, 1.54) is 11.1 Å². The molecule has 4 rings (SSSR count).